The van der Waals surface area contributed by atoms with Crippen molar-refractivity contribution in [2.45, 2.75) is 57.1 Å². The number of hydrogen-bond donors (Lipinski definition) is 2. The molecule has 1 aromatic rings. The maximum atomic E-state index is 12.1. The molecule has 2 fully saturated rings. The fourth-order valence-electron chi connectivity index (χ4n) is 2.92. The van der Waals surface area contributed by atoms with Crippen molar-refractivity contribution in [2.75, 3.05) is 11.9 Å². The van der Waals surface area contributed by atoms with Crippen LogP contribution in [0.4, 0.5) is 10.6 Å². The molecule has 0 radical (unpaired) electrons. The Bertz CT molecular complexity index is 491. The molecule has 114 valence electrons. The third-order valence-electron chi connectivity index (χ3n) is 4.42. The number of pyridine rings is 1. The zero-order chi connectivity index (χ0) is 14.7. The number of aryl methyl sites for hydroxylation is 1. The number of carbonyl (C=O) groups excluding carboxylic acids is 1. The van der Waals surface area contributed by atoms with E-state index < -0.39 is 0 Å². The average molecular weight is 289 g/mol. The minimum atomic E-state index is -0.182. The second-order valence-electron chi connectivity index (χ2n) is 6.00. The van der Waals surface area contributed by atoms with E-state index in [0.717, 1.165) is 44.3 Å². The quantitative estimate of drug-likeness (QED) is 0.896. The smallest absolute Gasteiger partial charge is 0.320 e. The van der Waals surface area contributed by atoms with E-state index in [9.17, 15) is 4.79 Å². The summed E-state index contributed by atoms with van der Waals surface area (Å²) < 4.78 is 5.83. The molecule has 0 bridgehead atoms. The Morgan fingerprint density at radius 2 is 2.29 bits per heavy atom. The molecular formula is C16H23N3O2. The number of hydrogen-bond acceptors (Lipinski definition) is 3. The molecule has 0 spiro atoms. The van der Waals surface area contributed by atoms with Crippen molar-refractivity contribution in [3.63, 3.8) is 0 Å². The van der Waals surface area contributed by atoms with E-state index in [1.165, 1.54) is 6.42 Å². The van der Waals surface area contributed by atoms with Gasteiger partial charge in [0.05, 0.1) is 11.6 Å². The van der Waals surface area contributed by atoms with Crippen molar-refractivity contribution in [3.8, 4) is 0 Å². The summed E-state index contributed by atoms with van der Waals surface area (Å²) in [7, 11) is 0. The predicted molar refractivity (Wildman–Crippen MR) is 81.3 cm³/mol. The molecular weight excluding hydrogens is 266 g/mol. The van der Waals surface area contributed by atoms with Crippen LogP contribution in [-0.4, -0.2) is 29.3 Å². The van der Waals surface area contributed by atoms with Gasteiger partial charge in [-0.3, -0.25) is 5.32 Å². The largest absolute Gasteiger partial charge is 0.376 e. The number of anilines is 1. The molecule has 0 aromatic carbocycles. The number of amides is 2. The minimum Gasteiger partial charge on any atom is -0.376 e. The number of nitrogens with one attached hydrogen (secondary N) is 2. The molecule has 1 saturated heterocycles. The van der Waals surface area contributed by atoms with Crippen LogP contribution in [0.3, 0.4) is 0 Å². The Morgan fingerprint density at radius 1 is 1.43 bits per heavy atom. The standard InChI is InChI=1S/C16H23N3O2/c1-2-12-6-7-14(17-11-12)18-15(20)19-16(8-9-16)13-5-3-4-10-21-13/h6-7,11,13H,2-5,8-10H2,1H3,(H2,17,18,19,20). The van der Waals surface area contributed by atoms with Crippen LogP contribution >= 0.6 is 0 Å². The highest BCUT2D eigenvalue weighted by molar-refractivity contribution is 5.89. The Morgan fingerprint density at radius 3 is 2.86 bits per heavy atom. The molecule has 1 aliphatic heterocycles. The summed E-state index contributed by atoms with van der Waals surface area (Å²) in [6, 6.07) is 3.65. The first-order valence-corrected chi connectivity index (χ1v) is 7.87. The molecule has 21 heavy (non-hydrogen) atoms. The van der Waals surface area contributed by atoms with Crippen LogP contribution in [-0.2, 0) is 11.2 Å². The molecule has 1 unspecified atom stereocenters. The summed E-state index contributed by atoms with van der Waals surface area (Å²) in [5, 5.41) is 5.91. The van der Waals surface area contributed by atoms with Crippen molar-refractivity contribution in [1.82, 2.24) is 10.3 Å². The van der Waals surface area contributed by atoms with Gasteiger partial charge in [-0.05, 0) is 50.2 Å². The second kappa shape index (κ2) is 6.02. The highest BCUT2D eigenvalue weighted by atomic mass is 16.5. The van der Waals surface area contributed by atoms with Gasteiger partial charge in [0.2, 0.25) is 0 Å². The minimum absolute atomic E-state index is 0.145. The summed E-state index contributed by atoms with van der Waals surface area (Å²) in [5.74, 6) is 0.588. The first kappa shape index (κ1) is 14.3. The van der Waals surface area contributed by atoms with E-state index in [1.54, 1.807) is 6.20 Å². The lowest BCUT2D eigenvalue weighted by Gasteiger charge is -2.31. The number of rotatable bonds is 4. The fraction of sp³-hybridized carbons (Fsp3) is 0.625. The van der Waals surface area contributed by atoms with Gasteiger partial charge in [0, 0.05) is 12.8 Å². The van der Waals surface area contributed by atoms with Gasteiger partial charge < -0.3 is 10.1 Å². The van der Waals surface area contributed by atoms with Gasteiger partial charge in [-0.15, -0.1) is 0 Å². The Balaban J connectivity index is 1.55. The summed E-state index contributed by atoms with van der Waals surface area (Å²) in [6.07, 6.45) is 8.30. The molecule has 1 saturated carbocycles. The highest BCUT2D eigenvalue weighted by Crippen LogP contribution is 2.43. The maximum Gasteiger partial charge on any atom is 0.320 e. The van der Waals surface area contributed by atoms with Crippen molar-refractivity contribution >= 4 is 11.8 Å². The lowest BCUT2D eigenvalue weighted by Crippen LogP contribution is -2.49. The van der Waals surface area contributed by atoms with Gasteiger partial charge >= 0.3 is 6.03 Å². The Hall–Kier alpha value is -1.62. The van der Waals surface area contributed by atoms with Gasteiger partial charge in [0.1, 0.15) is 5.82 Å². The van der Waals surface area contributed by atoms with Crippen LogP contribution < -0.4 is 10.6 Å². The number of aromatic nitrogens is 1. The van der Waals surface area contributed by atoms with Crippen LogP contribution in [0.1, 0.15) is 44.6 Å². The Kier molecular flexibility index (Phi) is 4.10. The normalized spacial score (nSPS) is 23.4. The van der Waals surface area contributed by atoms with Gasteiger partial charge in [-0.25, -0.2) is 9.78 Å². The zero-order valence-electron chi connectivity index (χ0n) is 12.5. The molecule has 2 amide bonds. The summed E-state index contributed by atoms with van der Waals surface area (Å²) >= 11 is 0. The van der Waals surface area contributed by atoms with E-state index >= 15 is 0 Å². The highest BCUT2D eigenvalue weighted by Gasteiger charge is 2.51. The predicted octanol–water partition coefficient (Wildman–Crippen LogP) is 2.87. The molecule has 1 atom stereocenters. The van der Waals surface area contributed by atoms with Crippen LogP contribution in [0.2, 0.25) is 0 Å². The van der Waals surface area contributed by atoms with Crippen LogP contribution in [0.15, 0.2) is 18.3 Å². The van der Waals surface area contributed by atoms with Crippen molar-refractivity contribution in [1.29, 1.82) is 0 Å². The van der Waals surface area contributed by atoms with Crippen LogP contribution in [0.5, 0.6) is 0 Å². The van der Waals surface area contributed by atoms with E-state index in [0.29, 0.717) is 5.82 Å². The fourth-order valence-corrected chi connectivity index (χ4v) is 2.92. The maximum absolute atomic E-state index is 12.1. The summed E-state index contributed by atoms with van der Waals surface area (Å²) in [4.78, 5) is 16.4. The van der Waals surface area contributed by atoms with Gasteiger partial charge in [0.15, 0.2) is 0 Å². The van der Waals surface area contributed by atoms with Crippen LogP contribution in [0, 0.1) is 0 Å². The van der Waals surface area contributed by atoms with E-state index in [4.69, 9.17) is 4.74 Å². The number of carbonyl (C=O) groups is 1. The topological polar surface area (TPSA) is 63.2 Å². The Labute approximate surface area is 125 Å². The van der Waals surface area contributed by atoms with E-state index in [2.05, 4.69) is 22.5 Å². The first-order chi connectivity index (χ1) is 10.2. The summed E-state index contributed by atoms with van der Waals surface area (Å²) in [5.41, 5.74) is 1.02. The second-order valence-corrected chi connectivity index (χ2v) is 6.00. The molecule has 2 N–H and O–H groups in total. The molecule has 3 rings (SSSR count). The van der Waals surface area contributed by atoms with Crippen molar-refractivity contribution < 1.29 is 9.53 Å². The molecule has 5 nitrogen and oxygen atoms in total. The van der Waals surface area contributed by atoms with Gasteiger partial charge in [0.25, 0.3) is 0 Å². The average Bonchev–Trinajstić information content (AvgIpc) is 3.29. The van der Waals surface area contributed by atoms with Crippen molar-refractivity contribution in [3.05, 3.63) is 23.9 Å². The number of nitrogens with zero attached hydrogens (tertiary/aromatic N) is 1. The summed E-state index contributed by atoms with van der Waals surface area (Å²) in [6.45, 7) is 2.90. The lowest BCUT2D eigenvalue weighted by atomic mass is 10.0. The third kappa shape index (κ3) is 3.35. The third-order valence-corrected chi connectivity index (χ3v) is 4.42. The van der Waals surface area contributed by atoms with E-state index in [1.807, 2.05) is 12.1 Å². The molecule has 5 heteroatoms. The molecule has 2 aliphatic rings. The number of ether oxygens (including phenoxy) is 1. The number of urea groups is 1. The van der Waals surface area contributed by atoms with Gasteiger partial charge in [-0.2, -0.15) is 0 Å². The van der Waals surface area contributed by atoms with E-state index in [-0.39, 0.29) is 17.7 Å². The lowest BCUT2D eigenvalue weighted by molar-refractivity contribution is -0.0119. The molecule has 1 aliphatic carbocycles. The monoisotopic (exact) mass is 289 g/mol. The molecule has 2 heterocycles. The van der Waals surface area contributed by atoms with Crippen molar-refractivity contribution in [2.24, 2.45) is 0 Å². The van der Waals surface area contributed by atoms with Crippen LogP contribution in [0.25, 0.3) is 0 Å². The van der Waals surface area contributed by atoms with Gasteiger partial charge in [-0.1, -0.05) is 13.0 Å². The molecule has 1 aromatic heterocycles. The first-order valence-electron chi connectivity index (χ1n) is 7.87. The SMILES string of the molecule is CCc1ccc(NC(=O)NC2(C3CCCCO3)CC2)nc1. The zero-order valence-corrected chi connectivity index (χ0v) is 12.5.